The molecular formula is C19H24N2O4. The van der Waals surface area contributed by atoms with Crippen molar-refractivity contribution in [3.05, 3.63) is 29.5 Å². The summed E-state index contributed by atoms with van der Waals surface area (Å²) in [7, 11) is 1.61. The minimum absolute atomic E-state index is 0.0195. The van der Waals surface area contributed by atoms with Crippen LogP contribution in [0.1, 0.15) is 35.9 Å². The second-order valence-corrected chi connectivity index (χ2v) is 6.40. The van der Waals surface area contributed by atoms with Gasteiger partial charge in [-0.1, -0.05) is 0 Å². The van der Waals surface area contributed by atoms with Gasteiger partial charge in [-0.05, 0) is 44.9 Å². The summed E-state index contributed by atoms with van der Waals surface area (Å²) in [4.78, 5) is 26.8. The predicted octanol–water partition coefficient (Wildman–Crippen LogP) is 2.74. The van der Waals surface area contributed by atoms with Gasteiger partial charge in [0.25, 0.3) is 5.91 Å². The first-order chi connectivity index (χ1) is 12.0. The van der Waals surface area contributed by atoms with Crippen molar-refractivity contribution >= 4 is 22.8 Å². The zero-order valence-electron chi connectivity index (χ0n) is 14.9. The number of nitrogens with one attached hydrogen (secondary N) is 1. The molecule has 1 saturated heterocycles. The summed E-state index contributed by atoms with van der Waals surface area (Å²) in [6, 6.07) is 5.50. The molecule has 1 N–H and O–H groups in total. The zero-order valence-corrected chi connectivity index (χ0v) is 14.9. The van der Waals surface area contributed by atoms with Gasteiger partial charge in [-0.25, -0.2) is 0 Å². The molecule has 3 rings (SSSR count). The Hall–Kier alpha value is -2.50. The van der Waals surface area contributed by atoms with Crippen molar-refractivity contribution in [3.63, 3.8) is 0 Å². The van der Waals surface area contributed by atoms with Gasteiger partial charge in [-0.2, -0.15) is 0 Å². The van der Waals surface area contributed by atoms with Crippen molar-refractivity contribution in [1.82, 2.24) is 10.2 Å². The zero-order chi connectivity index (χ0) is 18.0. The summed E-state index contributed by atoms with van der Waals surface area (Å²) in [6.07, 6.45) is 1.63. The van der Waals surface area contributed by atoms with Gasteiger partial charge in [0.15, 0.2) is 5.76 Å². The summed E-state index contributed by atoms with van der Waals surface area (Å²) < 4.78 is 11.1. The first kappa shape index (κ1) is 17.3. The van der Waals surface area contributed by atoms with Gasteiger partial charge >= 0.3 is 0 Å². The molecule has 1 aliphatic heterocycles. The van der Waals surface area contributed by atoms with Gasteiger partial charge in [-0.3, -0.25) is 9.59 Å². The second-order valence-electron chi connectivity index (χ2n) is 6.40. The Morgan fingerprint density at radius 2 is 2.20 bits per heavy atom. The average molecular weight is 344 g/mol. The first-order valence-corrected chi connectivity index (χ1v) is 8.69. The van der Waals surface area contributed by atoms with Crippen molar-refractivity contribution in [2.24, 2.45) is 5.92 Å². The second kappa shape index (κ2) is 7.17. The number of methoxy groups -OCH3 is 1. The number of likely N-dealkylation sites (tertiary alicyclic amines) is 1. The summed E-state index contributed by atoms with van der Waals surface area (Å²) in [5.74, 6) is 0.791. The number of carbonyl (C=O) groups excluding carboxylic acids is 2. The van der Waals surface area contributed by atoms with Gasteiger partial charge in [-0.15, -0.1) is 0 Å². The maximum Gasteiger partial charge on any atom is 0.289 e. The first-order valence-electron chi connectivity index (χ1n) is 8.69. The normalized spacial score (nSPS) is 17.6. The average Bonchev–Trinajstić information content (AvgIpc) is 2.97. The number of furan rings is 1. The summed E-state index contributed by atoms with van der Waals surface area (Å²) in [5.41, 5.74) is 1.47. The van der Waals surface area contributed by atoms with Gasteiger partial charge in [0.1, 0.15) is 11.3 Å². The number of ether oxygens (including phenoxy) is 1. The van der Waals surface area contributed by atoms with E-state index in [2.05, 4.69) is 5.32 Å². The van der Waals surface area contributed by atoms with E-state index >= 15 is 0 Å². The van der Waals surface area contributed by atoms with Gasteiger partial charge in [0, 0.05) is 30.6 Å². The Balaban J connectivity index is 1.84. The Morgan fingerprint density at radius 3 is 2.92 bits per heavy atom. The largest absolute Gasteiger partial charge is 0.497 e. The van der Waals surface area contributed by atoms with Crippen LogP contribution in [0.2, 0.25) is 0 Å². The number of hydrogen-bond acceptors (Lipinski definition) is 4. The maximum absolute atomic E-state index is 12.9. The molecule has 1 aliphatic rings. The topological polar surface area (TPSA) is 71.8 Å². The third-order valence-corrected chi connectivity index (χ3v) is 4.77. The highest BCUT2D eigenvalue weighted by atomic mass is 16.5. The lowest BCUT2D eigenvalue weighted by Gasteiger charge is -2.31. The molecular weight excluding hydrogens is 320 g/mol. The fourth-order valence-electron chi connectivity index (χ4n) is 3.37. The molecule has 2 amide bonds. The summed E-state index contributed by atoms with van der Waals surface area (Å²) in [6.45, 7) is 5.46. The molecule has 1 fully saturated rings. The number of benzene rings is 1. The lowest BCUT2D eigenvalue weighted by molar-refractivity contribution is -0.126. The monoisotopic (exact) mass is 344 g/mol. The van der Waals surface area contributed by atoms with Crippen molar-refractivity contribution < 1.29 is 18.7 Å². The van der Waals surface area contributed by atoms with Gasteiger partial charge in [0.05, 0.1) is 13.0 Å². The van der Waals surface area contributed by atoms with Crippen LogP contribution in [-0.2, 0) is 4.79 Å². The number of amides is 2. The van der Waals surface area contributed by atoms with Crippen molar-refractivity contribution in [1.29, 1.82) is 0 Å². The Labute approximate surface area is 147 Å². The molecule has 0 unspecified atom stereocenters. The molecule has 1 aromatic carbocycles. The predicted molar refractivity (Wildman–Crippen MR) is 94.8 cm³/mol. The molecule has 0 radical (unpaired) electrons. The van der Waals surface area contributed by atoms with Gasteiger partial charge < -0.3 is 19.4 Å². The maximum atomic E-state index is 12.9. The van der Waals surface area contributed by atoms with E-state index in [-0.39, 0.29) is 17.7 Å². The van der Waals surface area contributed by atoms with Crippen molar-refractivity contribution in [3.8, 4) is 5.75 Å². The van der Waals surface area contributed by atoms with Crippen molar-refractivity contribution in [2.75, 3.05) is 26.7 Å². The number of hydrogen-bond donors (Lipinski definition) is 1. The van der Waals surface area contributed by atoms with Crippen LogP contribution in [0.25, 0.3) is 11.0 Å². The Bertz CT molecular complexity index is 796. The van der Waals surface area contributed by atoms with Crippen LogP contribution in [0, 0.1) is 12.8 Å². The number of nitrogens with zero attached hydrogens (tertiary/aromatic N) is 1. The highest BCUT2D eigenvalue weighted by Crippen LogP contribution is 2.30. The van der Waals surface area contributed by atoms with E-state index in [1.54, 1.807) is 12.0 Å². The molecule has 134 valence electrons. The van der Waals surface area contributed by atoms with Crippen molar-refractivity contribution in [2.45, 2.75) is 26.7 Å². The summed E-state index contributed by atoms with van der Waals surface area (Å²) in [5, 5.41) is 3.72. The third kappa shape index (κ3) is 3.34. The highest BCUT2D eigenvalue weighted by molar-refractivity contribution is 5.99. The molecule has 2 aromatic rings. The fraction of sp³-hybridized carbons (Fsp3) is 0.474. The molecule has 0 saturated carbocycles. The smallest absolute Gasteiger partial charge is 0.289 e. The molecule has 1 atom stereocenters. The molecule has 0 aliphatic carbocycles. The van der Waals surface area contributed by atoms with Crippen LogP contribution in [0.5, 0.6) is 5.75 Å². The van der Waals surface area contributed by atoms with E-state index in [0.717, 1.165) is 29.5 Å². The van der Waals surface area contributed by atoms with E-state index in [9.17, 15) is 9.59 Å². The highest BCUT2D eigenvalue weighted by Gasteiger charge is 2.31. The van der Waals surface area contributed by atoms with Crippen LogP contribution in [0.4, 0.5) is 0 Å². The Kier molecular flexibility index (Phi) is 4.97. The van der Waals surface area contributed by atoms with Crippen LogP contribution in [0.3, 0.4) is 0 Å². The molecule has 1 aromatic heterocycles. The molecule has 0 bridgehead atoms. The Morgan fingerprint density at radius 1 is 1.40 bits per heavy atom. The quantitative estimate of drug-likeness (QED) is 0.926. The summed E-state index contributed by atoms with van der Waals surface area (Å²) >= 11 is 0. The minimum atomic E-state index is -0.151. The number of fused-ring (bicyclic) bond motifs is 1. The fourth-order valence-corrected chi connectivity index (χ4v) is 3.37. The van der Waals surface area contributed by atoms with Gasteiger partial charge in [0.2, 0.25) is 5.91 Å². The van der Waals surface area contributed by atoms with E-state index in [4.69, 9.17) is 9.15 Å². The third-order valence-electron chi connectivity index (χ3n) is 4.77. The van der Waals surface area contributed by atoms with Crippen LogP contribution >= 0.6 is 0 Å². The van der Waals surface area contributed by atoms with Crippen LogP contribution in [-0.4, -0.2) is 43.5 Å². The molecule has 0 spiro atoms. The molecule has 6 heteroatoms. The minimum Gasteiger partial charge on any atom is -0.497 e. The molecule has 6 nitrogen and oxygen atoms in total. The number of aryl methyl sites for hydroxylation is 1. The van der Waals surface area contributed by atoms with E-state index < -0.39 is 0 Å². The SMILES string of the molecule is CCNC(=O)[C@@H]1CCCN(C(=O)c2oc3ccc(OC)cc3c2C)C1. The number of carbonyl (C=O) groups is 2. The lowest BCUT2D eigenvalue weighted by atomic mass is 9.96. The lowest BCUT2D eigenvalue weighted by Crippen LogP contribution is -2.45. The molecule has 25 heavy (non-hydrogen) atoms. The molecule has 2 heterocycles. The van der Waals surface area contributed by atoms with Crippen LogP contribution < -0.4 is 10.1 Å². The number of rotatable bonds is 4. The standard InChI is InChI=1S/C19H24N2O4/c1-4-20-18(22)13-6-5-9-21(11-13)19(23)17-12(2)15-10-14(24-3)7-8-16(15)25-17/h7-8,10,13H,4-6,9,11H2,1-3H3,(H,20,22)/t13-/m1/s1. The van der Waals surface area contributed by atoms with E-state index in [1.165, 1.54) is 0 Å². The number of piperidine rings is 1. The van der Waals surface area contributed by atoms with E-state index in [0.29, 0.717) is 31.0 Å². The van der Waals surface area contributed by atoms with Crippen LogP contribution in [0.15, 0.2) is 22.6 Å². The van der Waals surface area contributed by atoms with E-state index in [1.807, 2.05) is 32.0 Å².